The molecule has 0 aliphatic rings. The third-order valence-electron chi connectivity index (χ3n) is 20.0. The Bertz CT molecular complexity index is 8230. The summed E-state index contributed by atoms with van der Waals surface area (Å²) in [5.41, 5.74) is 10.8. The smallest absolute Gasteiger partial charge is 0.255 e. The normalized spacial score (nSPS) is 11.9. The minimum absolute atomic E-state index is 0.0137. The number of hydrogen-bond acceptors (Lipinski definition) is 30. The molecule has 0 saturated carbocycles. The number of fused-ring (bicyclic) bond motifs is 6. The number of aryl methyl sites for hydroxylation is 12. The van der Waals surface area contributed by atoms with E-state index in [0.717, 1.165) is 75.6 Å². The molecule has 135 heavy (non-hydrogen) atoms. The van der Waals surface area contributed by atoms with Crippen molar-refractivity contribution < 1.29 is 79.0 Å². The maximum absolute atomic E-state index is 13.1. The minimum Gasteiger partial charge on any atom is -0.473 e. The summed E-state index contributed by atoms with van der Waals surface area (Å²) in [6.07, 6.45) is 4.44. The quantitative estimate of drug-likeness (QED) is 0.0498. The Labute approximate surface area is 784 Å². The maximum atomic E-state index is 13.1. The minimum atomic E-state index is -4.05. The Kier molecular flexibility index (Phi) is 30.1. The van der Waals surface area contributed by atoms with Gasteiger partial charge in [0.05, 0.1) is 55.0 Å². The lowest BCUT2D eigenvalue weighted by molar-refractivity contribution is 0.193. The fourth-order valence-corrected chi connectivity index (χ4v) is 24.6. The summed E-state index contributed by atoms with van der Waals surface area (Å²) >= 11 is 2.72. The number of nitrogens with zero attached hydrogens (tertiary/aromatic N) is 18. The van der Waals surface area contributed by atoms with Gasteiger partial charge in [-0.15, -0.1) is 33.7 Å². The van der Waals surface area contributed by atoms with E-state index >= 15 is 0 Å². The molecule has 0 amide bonds. The van der Waals surface area contributed by atoms with E-state index in [1.54, 1.807) is 163 Å². The summed E-state index contributed by atoms with van der Waals surface area (Å²) < 4.78 is 201. The Morgan fingerprint density at radius 2 is 0.556 bits per heavy atom. The fraction of sp³-hybridized carbons (Fsp3) is 0.209. The molecular formula is C91H90F2N18O16S8. The standard InChI is InChI=1S/C16H16FN3O4S.C16H17N3O4S.C16H17N3O2S2.C15H15N3O2S2.C14H12FN3O2S.C14H13N3O2S/c1-10-9-11(2)20-15(18-10)14(16(19-20)24-8-7-21)25(22,23)13-5-3-12(17)4-6-13;1-11-10-12(2)19-15(17-11)14(16(18-19)23-9-8-20)24(21,22)13-6-4-3-5-7-13;1-4-22-16-14(23(20,21)13-8-6-5-7-9-13)15-17-11(2)10-12(3)19(15)18-16;1-10-9-11(2)18-14(16-10)13(15(17-18)21-3)22(19,20)12-7-5-4-6-8-12;1-9-7-10(2)18-14(17-9)13(8-16-18)21(19,20)12-5-3-11(15)4-6-12;1-10-8-11(2)17-14(16-10)13(9-15-17)20(18,19)12-6-4-3-5-7-12/h3-6,9,21H,7-8H2,1-2H3;3-7,10,20H,8-9H2,1-2H3;5-10H,4H2,1-3H3;4-9H,1-3H3;3-8H,1-2H3;3-9H,1-2H3. The van der Waals surface area contributed by atoms with E-state index in [1.165, 1.54) is 85.9 Å². The van der Waals surface area contributed by atoms with Crippen LogP contribution in [0.3, 0.4) is 0 Å². The lowest BCUT2D eigenvalue weighted by Gasteiger charge is -2.06. The Hall–Kier alpha value is -13.2. The zero-order chi connectivity index (χ0) is 97.6. The molecule has 34 nitrogen and oxygen atoms in total. The molecule has 12 heterocycles. The second-order valence-corrected chi connectivity index (χ2v) is 43.6. The molecular weight excluding hydrogens is 1900 g/mol. The van der Waals surface area contributed by atoms with Crippen LogP contribution in [0.15, 0.2) is 287 Å². The molecule has 0 bridgehead atoms. The largest absolute Gasteiger partial charge is 0.473 e. The van der Waals surface area contributed by atoms with Crippen LogP contribution in [-0.4, -0.2) is 187 Å². The number of benzene rings is 6. The summed E-state index contributed by atoms with van der Waals surface area (Å²) in [5.74, 6) is -0.508. The Balaban J connectivity index is 0.000000137. The molecule has 18 aromatic rings. The van der Waals surface area contributed by atoms with Crippen molar-refractivity contribution >= 4 is 116 Å². The van der Waals surface area contributed by atoms with Gasteiger partial charge in [0.25, 0.3) is 11.8 Å². The van der Waals surface area contributed by atoms with Gasteiger partial charge in [-0.25, -0.2) is 116 Å². The van der Waals surface area contributed by atoms with Gasteiger partial charge in [-0.2, -0.15) is 20.4 Å². The lowest BCUT2D eigenvalue weighted by atomic mass is 10.3. The number of ether oxygens (including phenoxy) is 2. The van der Waals surface area contributed by atoms with Gasteiger partial charge in [0.1, 0.15) is 44.7 Å². The van der Waals surface area contributed by atoms with E-state index in [1.807, 2.05) is 92.8 Å². The van der Waals surface area contributed by atoms with Gasteiger partial charge in [0, 0.05) is 68.3 Å². The highest BCUT2D eigenvalue weighted by molar-refractivity contribution is 8.00. The topological polar surface area (TPSA) is 445 Å². The van der Waals surface area contributed by atoms with Gasteiger partial charge in [0.15, 0.2) is 53.5 Å². The van der Waals surface area contributed by atoms with E-state index in [0.29, 0.717) is 49.8 Å². The number of thioether (sulfide) groups is 2. The fourth-order valence-electron chi connectivity index (χ4n) is 14.1. The molecule has 0 spiro atoms. The zero-order valence-corrected chi connectivity index (χ0v) is 81.5. The highest BCUT2D eigenvalue weighted by atomic mass is 32.2. The van der Waals surface area contributed by atoms with Crippen LogP contribution < -0.4 is 9.47 Å². The number of hydrogen-bond donors (Lipinski definition) is 2. The number of aliphatic hydroxyl groups is 2. The van der Waals surface area contributed by atoms with Gasteiger partial charge >= 0.3 is 0 Å². The molecule has 0 aliphatic heterocycles. The predicted molar refractivity (Wildman–Crippen MR) is 499 cm³/mol. The van der Waals surface area contributed by atoms with Crippen LogP contribution in [0.25, 0.3) is 33.9 Å². The molecule has 18 rings (SSSR count). The summed E-state index contributed by atoms with van der Waals surface area (Å²) in [5, 5.41) is 44.4. The van der Waals surface area contributed by atoms with Crippen molar-refractivity contribution in [2.75, 3.05) is 38.4 Å². The number of halogens is 2. The second kappa shape index (κ2) is 40.9. The first-order valence-corrected chi connectivity index (χ1v) is 52.2. The zero-order valence-electron chi connectivity index (χ0n) is 75.0. The van der Waals surface area contributed by atoms with Crippen molar-refractivity contribution in [3.63, 3.8) is 0 Å². The van der Waals surface area contributed by atoms with Crippen LogP contribution in [0, 0.1) is 94.7 Å². The summed E-state index contributed by atoms with van der Waals surface area (Å²) in [6.45, 7) is 23.1. The number of aromatic nitrogens is 18. The Morgan fingerprint density at radius 3 is 0.852 bits per heavy atom. The first-order valence-electron chi connectivity index (χ1n) is 41.1. The van der Waals surface area contributed by atoms with Crippen LogP contribution in [0.4, 0.5) is 8.78 Å². The van der Waals surface area contributed by atoms with Crippen LogP contribution in [-0.2, 0) is 59.0 Å². The second-order valence-electron chi connectivity index (χ2n) is 30.2. The molecule has 2 N–H and O–H groups in total. The average Bonchev–Trinajstić information content (AvgIpc) is 1.60. The number of sulfone groups is 6. The van der Waals surface area contributed by atoms with E-state index in [9.17, 15) is 59.3 Å². The molecule has 12 aromatic heterocycles. The third-order valence-corrected chi connectivity index (χ3v) is 32.5. The average molecular weight is 1990 g/mol. The van der Waals surface area contributed by atoms with Gasteiger partial charge in [-0.1, -0.05) is 79.7 Å². The predicted octanol–water partition coefficient (Wildman–Crippen LogP) is 13.9. The SMILES string of the molecule is CCSc1nn2c(C)cc(C)nc2c1S(=O)(=O)c1ccccc1.CSc1nn2c(C)cc(C)nc2c1S(=O)(=O)c1ccccc1.Cc1cc(C)n2nc(OCCO)c(S(=O)(=O)c3ccc(F)cc3)c2n1.Cc1cc(C)n2nc(OCCO)c(S(=O)(=O)c3ccccc3)c2n1.Cc1cc(C)n2ncc(S(=O)(=O)c3ccc(F)cc3)c2n1.Cc1cc(C)n2ncc(S(=O)(=O)c3ccccc3)c2n1. The van der Waals surface area contributed by atoms with Gasteiger partial charge in [-0.05, 0) is 229 Å². The monoisotopic (exact) mass is 1980 g/mol. The molecule has 0 atom stereocenters. The van der Waals surface area contributed by atoms with Crippen LogP contribution in [0.1, 0.15) is 75.3 Å². The van der Waals surface area contributed by atoms with Crippen molar-refractivity contribution in [2.24, 2.45) is 0 Å². The highest BCUT2D eigenvalue weighted by Gasteiger charge is 2.36. The van der Waals surface area contributed by atoms with Crippen molar-refractivity contribution in [1.29, 1.82) is 0 Å². The van der Waals surface area contributed by atoms with Crippen molar-refractivity contribution in [3.05, 3.63) is 299 Å². The van der Waals surface area contributed by atoms with E-state index < -0.39 is 70.7 Å². The van der Waals surface area contributed by atoms with E-state index in [-0.39, 0.29) is 114 Å². The van der Waals surface area contributed by atoms with E-state index in [2.05, 4.69) is 60.5 Å². The van der Waals surface area contributed by atoms with Gasteiger partial charge in [-0.3, -0.25) is 0 Å². The van der Waals surface area contributed by atoms with Crippen molar-refractivity contribution in [2.45, 2.75) is 159 Å². The molecule has 44 heteroatoms. The van der Waals surface area contributed by atoms with Gasteiger partial charge < -0.3 is 19.7 Å². The van der Waals surface area contributed by atoms with Crippen LogP contribution in [0.5, 0.6) is 11.8 Å². The van der Waals surface area contributed by atoms with Crippen LogP contribution >= 0.6 is 23.5 Å². The molecule has 6 aromatic carbocycles. The first kappa shape index (κ1) is 99.3. The number of rotatable bonds is 21. The number of aliphatic hydroxyl groups excluding tert-OH is 2. The Morgan fingerprint density at radius 1 is 0.311 bits per heavy atom. The maximum Gasteiger partial charge on any atom is 0.255 e. The molecule has 0 aliphatic carbocycles. The lowest BCUT2D eigenvalue weighted by Crippen LogP contribution is -2.08. The van der Waals surface area contributed by atoms with Crippen molar-refractivity contribution in [1.82, 2.24) is 87.6 Å². The summed E-state index contributed by atoms with van der Waals surface area (Å²) in [6, 6.07) is 53.4. The van der Waals surface area contributed by atoms with Crippen molar-refractivity contribution in [3.8, 4) is 11.8 Å². The molecule has 0 fully saturated rings. The summed E-state index contributed by atoms with van der Waals surface area (Å²) in [7, 11) is -22.6. The van der Waals surface area contributed by atoms with Crippen LogP contribution in [0.2, 0.25) is 0 Å². The third kappa shape index (κ3) is 20.9. The molecule has 702 valence electrons. The molecule has 0 radical (unpaired) electrons. The van der Waals surface area contributed by atoms with E-state index in [4.69, 9.17) is 19.7 Å². The summed E-state index contributed by atoms with van der Waals surface area (Å²) in [4.78, 5) is 27.1. The van der Waals surface area contributed by atoms with Gasteiger partial charge in [0.2, 0.25) is 59.0 Å². The molecule has 0 saturated heterocycles. The molecule has 0 unspecified atom stereocenters. The first-order chi connectivity index (χ1) is 64.1. The highest BCUT2D eigenvalue weighted by Crippen LogP contribution is 2.39.